The highest BCUT2D eigenvalue weighted by atomic mass is 35.5. The van der Waals surface area contributed by atoms with Crippen LogP contribution in [0.2, 0.25) is 10.0 Å². The molecule has 38 heavy (non-hydrogen) atoms. The maximum absolute atomic E-state index is 12.1. The molecule has 1 heterocycles. The topological polar surface area (TPSA) is 119 Å². The molecule has 3 rings (SSSR count). The van der Waals surface area contributed by atoms with E-state index in [9.17, 15) is 14.4 Å². The lowest BCUT2D eigenvalue weighted by atomic mass is 10.1. The number of amides is 2. The molecule has 2 aromatic carbocycles. The van der Waals surface area contributed by atoms with Crippen LogP contribution in [0.15, 0.2) is 64.1 Å². The number of carbonyl (C=O) groups is 3. The Hall–Kier alpha value is -3.82. The van der Waals surface area contributed by atoms with Crippen LogP contribution in [-0.4, -0.2) is 43.3 Å². The van der Waals surface area contributed by atoms with E-state index in [4.69, 9.17) is 37.1 Å². The number of furan rings is 1. The second kappa shape index (κ2) is 14.2. The first kappa shape index (κ1) is 28.7. The van der Waals surface area contributed by atoms with Crippen molar-refractivity contribution in [1.82, 2.24) is 10.7 Å². The van der Waals surface area contributed by atoms with Crippen molar-refractivity contribution in [2.45, 2.75) is 32.8 Å². The average Bonchev–Trinajstić information content (AvgIpc) is 3.35. The van der Waals surface area contributed by atoms with Crippen LogP contribution in [0.25, 0.3) is 11.3 Å². The molecule has 0 aliphatic carbocycles. The smallest absolute Gasteiger partial charge is 0.338 e. The Morgan fingerprint density at radius 2 is 1.87 bits per heavy atom. The van der Waals surface area contributed by atoms with Gasteiger partial charge in [-0.25, -0.2) is 10.2 Å². The molecule has 11 heteroatoms. The van der Waals surface area contributed by atoms with E-state index in [1.807, 2.05) is 0 Å². The third-order valence-electron chi connectivity index (χ3n) is 4.88. The normalized spacial score (nSPS) is 11.0. The maximum atomic E-state index is 12.1. The molecule has 0 atom stereocenters. The molecule has 0 saturated heterocycles. The third kappa shape index (κ3) is 9.24. The Morgan fingerprint density at radius 1 is 1.05 bits per heavy atom. The number of halogens is 2. The Bertz CT molecular complexity index is 1310. The summed E-state index contributed by atoms with van der Waals surface area (Å²) in [5.74, 6) is 0.178. The summed E-state index contributed by atoms with van der Waals surface area (Å²) in [7, 11) is 0. The van der Waals surface area contributed by atoms with E-state index < -0.39 is 11.9 Å². The highest BCUT2D eigenvalue weighted by Crippen LogP contribution is 2.27. The first-order valence-electron chi connectivity index (χ1n) is 11.8. The number of rotatable bonds is 12. The van der Waals surface area contributed by atoms with Crippen LogP contribution in [0.3, 0.4) is 0 Å². The van der Waals surface area contributed by atoms with Crippen molar-refractivity contribution in [3.8, 4) is 17.1 Å². The van der Waals surface area contributed by atoms with Gasteiger partial charge in [0.15, 0.2) is 0 Å². The van der Waals surface area contributed by atoms with Gasteiger partial charge in [-0.05, 0) is 62.7 Å². The van der Waals surface area contributed by atoms with Gasteiger partial charge < -0.3 is 19.2 Å². The quantitative estimate of drug-likeness (QED) is 0.135. The summed E-state index contributed by atoms with van der Waals surface area (Å²) in [6, 6.07) is 15.2. The summed E-state index contributed by atoms with van der Waals surface area (Å²) in [6.07, 6.45) is 1.72. The van der Waals surface area contributed by atoms with Crippen molar-refractivity contribution in [3.63, 3.8) is 0 Å². The molecular weight excluding hydrogens is 533 g/mol. The first-order valence-corrected chi connectivity index (χ1v) is 12.5. The largest absolute Gasteiger partial charge is 0.492 e. The Balaban J connectivity index is 1.38. The molecule has 0 fully saturated rings. The van der Waals surface area contributed by atoms with E-state index in [0.717, 1.165) is 0 Å². The van der Waals surface area contributed by atoms with E-state index in [1.54, 1.807) is 68.4 Å². The monoisotopic (exact) mass is 559 g/mol. The number of carbonyl (C=O) groups excluding carboxylic acids is 3. The number of hydrazone groups is 1. The van der Waals surface area contributed by atoms with Crippen LogP contribution in [-0.2, 0) is 14.3 Å². The molecule has 0 aliphatic rings. The molecule has 0 spiro atoms. The van der Waals surface area contributed by atoms with Gasteiger partial charge in [-0.15, -0.1) is 0 Å². The Labute approximate surface area is 230 Å². The molecule has 2 amide bonds. The Kier molecular flexibility index (Phi) is 10.7. The molecule has 0 unspecified atom stereocenters. The van der Waals surface area contributed by atoms with Gasteiger partial charge in [-0.3, -0.25) is 9.59 Å². The van der Waals surface area contributed by atoms with Crippen molar-refractivity contribution in [1.29, 1.82) is 0 Å². The first-order chi connectivity index (χ1) is 18.2. The zero-order valence-electron chi connectivity index (χ0n) is 20.8. The minimum absolute atomic E-state index is 0.174. The molecule has 0 radical (unpaired) electrons. The highest BCUT2D eigenvalue weighted by Gasteiger charge is 2.12. The summed E-state index contributed by atoms with van der Waals surface area (Å²) in [6.45, 7) is 3.61. The van der Waals surface area contributed by atoms with Gasteiger partial charge in [0, 0.05) is 17.0 Å². The van der Waals surface area contributed by atoms with Gasteiger partial charge in [0.05, 0.1) is 36.1 Å². The lowest BCUT2D eigenvalue weighted by molar-refractivity contribution is -0.126. The van der Waals surface area contributed by atoms with Gasteiger partial charge in [-0.1, -0.05) is 35.3 Å². The molecule has 2 N–H and O–H groups in total. The second-order valence-electron chi connectivity index (χ2n) is 8.33. The number of benzene rings is 2. The molecule has 1 aromatic heterocycles. The lowest BCUT2D eigenvalue weighted by Gasteiger charge is -2.08. The van der Waals surface area contributed by atoms with Gasteiger partial charge in [0.1, 0.15) is 17.3 Å². The fraction of sp³-hybridized carbons (Fsp3) is 0.259. The molecule has 3 aromatic rings. The zero-order chi connectivity index (χ0) is 27.5. The molecule has 0 bridgehead atoms. The van der Waals surface area contributed by atoms with E-state index in [-0.39, 0.29) is 31.6 Å². The van der Waals surface area contributed by atoms with Crippen LogP contribution < -0.4 is 15.5 Å². The number of nitrogens with one attached hydrogen (secondary N) is 2. The molecule has 0 saturated carbocycles. The van der Waals surface area contributed by atoms with Crippen LogP contribution in [0.5, 0.6) is 5.75 Å². The molecular formula is C27H27Cl2N3O6. The standard InChI is InChI=1S/C27H27Cl2N3O6/c1-17(2)37-27(35)19-6-3-5-18(13-19)23-11-9-21(38-23)15-31-32-26(34)16-30-25(33)7-4-12-36-24-10-8-20(28)14-22(24)29/h3,5-6,8-11,13-15,17H,4,7,12,16H2,1-2H3,(H,30,33)(H,32,34)/b31-15-. The Morgan fingerprint density at radius 3 is 2.63 bits per heavy atom. The van der Waals surface area contributed by atoms with E-state index in [0.29, 0.717) is 44.9 Å². The maximum Gasteiger partial charge on any atom is 0.338 e. The number of ether oxygens (including phenoxy) is 2. The fourth-order valence-electron chi connectivity index (χ4n) is 3.14. The number of nitrogens with zero attached hydrogens (tertiary/aromatic N) is 1. The highest BCUT2D eigenvalue weighted by molar-refractivity contribution is 6.35. The zero-order valence-corrected chi connectivity index (χ0v) is 22.3. The summed E-state index contributed by atoms with van der Waals surface area (Å²) in [4.78, 5) is 36.0. The van der Waals surface area contributed by atoms with E-state index >= 15 is 0 Å². The molecule has 0 aliphatic heterocycles. The van der Waals surface area contributed by atoms with E-state index in [2.05, 4.69) is 15.8 Å². The van der Waals surface area contributed by atoms with Crippen molar-refractivity contribution in [3.05, 3.63) is 76.0 Å². The third-order valence-corrected chi connectivity index (χ3v) is 5.41. The van der Waals surface area contributed by atoms with E-state index in [1.165, 1.54) is 6.21 Å². The minimum atomic E-state index is -0.498. The van der Waals surface area contributed by atoms with Crippen LogP contribution in [0.4, 0.5) is 0 Å². The van der Waals surface area contributed by atoms with Crippen molar-refractivity contribution in [2.75, 3.05) is 13.2 Å². The minimum Gasteiger partial charge on any atom is -0.492 e. The summed E-state index contributed by atoms with van der Waals surface area (Å²) >= 11 is 11.9. The lowest BCUT2D eigenvalue weighted by Crippen LogP contribution is -2.34. The number of hydrogen-bond acceptors (Lipinski definition) is 7. The predicted molar refractivity (Wildman–Crippen MR) is 145 cm³/mol. The SMILES string of the molecule is CC(C)OC(=O)c1cccc(-c2ccc(/C=N\NC(=O)CNC(=O)CCCOc3ccc(Cl)cc3Cl)o2)c1. The van der Waals surface area contributed by atoms with Crippen molar-refractivity contribution in [2.24, 2.45) is 5.10 Å². The van der Waals surface area contributed by atoms with Crippen molar-refractivity contribution >= 4 is 47.2 Å². The van der Waals surface area contributed by atoms with Crippen LogP contribution >= 0.6 is 23.2 Å². The van der Waals surface area contributed by atoms with Gasteiger partial charge in [0.2, 0.25) is 5.91 Å². The number of esters is 1. The van der Waals surface area contributed by atoms with Gasteiger partial charge in [-0.2, -0.15) is 5.10 Å². The average molecular weight is 560 g/mol. The summed E-state index contributed by atoms with van der Waals surface area (Å²) in [5.41, 5.74) is 3.43. The van der Waals surface area contributed by atoms with Gasteiger partial charge >= 0.3 is 5.97 Å². The van der Waals surface area contributed by atoms with Crippen molar-refractivity contribution < 1.29 is 28.3 Å². The predicted octanol–water partition coefficient (Wildman–Crippen LogP) is 5.24. The molecule has 9 nitrogen and oxygen atoms in total. The molecule has 200 valence electrons. The second-order valence-corrected chi connectivity index (χ2v) is 9.18. The van der Waals surface area contributed by atoms with Gasteiger partial charge in [0.25, 0.3) is 5.91 Å². The number of hydrogen-bond donors (Lipinski definition) is 2. The summed E-state index contributed by atoms with van der Waals surface area (Å²) < 4.78 is 16.5. The van der Waals surface area contributed by atoms with Crippen LogP contribution in [0, 0.1) is 0 Å². The summed E-state index contributed by atoms with van der Waals surface area (Å²) in [5, 5.41) is 7.26. The fourth-order valence-corrected chi connectivity index (χ4v) is 3.60. The van der Waals surface area contributed by atoms with Crippen LogP contribution in [0.1, 0.15) is 42.8 Å².